The molecule has 0 N–H and O–H groups in total. The molecule has 0 unspecified atom stereocenters. The standard InChI is InChI=1S/C19H24N4O3/c1-3-26-18-7-6-14(11-21-18)19(24)23-10-4-5-15(12-23)16-8-9-20-17(22-16)13-25-2/h6-9,11,15H,3-5,10,12-13H2,1-2H3/t15-/m0/s1. The minimum absolute atomic E-state index is 0.00332. The van der Waals surface area contributed by atoms with Crippen molar-refractivity contribution in [1.29, 1.82) is 0 Å². The predicted octanol–water partition coefficient (Wildman–Crippen LogP) is 2.44. The third-order valence-corrected chi connectivity index (χ3v) is 4.40. The van der Waals surface area contributed by atoms with Gasteiger partial charge in [-0.05, 0) is 31.9 Å². The van der Waals surface area contributed by atoms with Crippen LogP contribution >= 0.6 is 0 Å². The zero-order valence-electron chi connectivity index (χ0n) is 15.2. The summed E-state index contributed by atoms with van der Waals surface area (Å²) >= 11 is 0. The van der Waals surface area contributed by atoms with Crippen LogP contribution in [-0.4, -0.2) is 52.6 Å². The number of amides is 1. The van der Waals surface area contributed by atoms with Crippen molar-refractivity contribution in [2.75, 3.05) is 26.8 Å². The summed E-state index contributed by atoms with van der Waals surface area (Å²) < 4.78 is 10.4. The maximum atomic E-state index is 12.8. The van der Waals surface area contributed by atoms with Gasteiger partial charge in [-0.1, -0.05) is 0 Å². The highest BCUT2D eigenvalue weighted by Gasteiger charge is 2.26. The third-order valence-electron chi connectivity index (χ3n) is 4.40. The third kappa shape index (κ3) is 4.35. The molecule has 7 heteroatoms. The van der Waals surface area contributed by atoms with Crippen molar-refractivity contribution in [1.82, 2.24) is 19.9 Å². The highest BCUT2D eigenvalue weighted by Crippen LogP contribution is 2.26. The Hall–Kier alpha value is -2.54. The Morgan fingerprint density at radius 3 is 2.92 bits per heavy atom. The topological polar surface area (TPSA) is 77.4 Å². The molecule has 138 valence electrons. The molecule has 26 heavy (non-hydrogen) atoms. The number of hydrogen-bond donors (Lipinski definition) is 0. The number of ether oxygens (including phenoxy) is 2. The van der Waals surface area contributed by atoms with Gasteiger partial charge in [0.2, 0.25) is 5.88 Å². The lowest BCUT2D eigenvalue weighted by Gasteiger charge is -2.32. The van der Waals surface area contributed by atoms with E-state index in [0.717, 1.165) is 25.1 Å². The number of aromatic nitrogens is 3. The molecule has 7 nitrogen and oxygen atoms in total. The molecular formula is C19H24N4O3. The molecule has 0 bridgehead atoms. The number of nitrogens with zero attached hydrogens (tertiary/aromatic N) is 4. The molecule has 1 atom stereocenters. The van der Waals surface area contributed by atoms with Gasteiger partial charge in [0.15, 0.2) is 5.82 Å². The Balaban J connectivity index is 1.69. The van der Waals surface area contributed by atoms with Gasteiger partial charge in [0.25, 0.3) is 5.91 Å². The number of rotatable bonds is 6. The predicted molar refractivity (Wildman–Crippen MR) is 96.0 cm³/mol. The maximum absolute atomic E-state index is 12.8. The lowest BCUT2D eigenvalue weighted by molar-refractivity contribution is 0.0705. The Morgan fingerprint density at radius 1 is 1.31 bits per heavy atom. The van der Waals surface area contributed by atoms with Gasteiger partial charge in [-0.25, -0.2) is 15.0 Å². The fourth-order valence-electron chi connectivity index (χ4n) is 3.17. The van der Waals surface area contributed by atoms with E-state index >= 15 is 0 Å². The summed E-state index contributed by atoms with van der Waals surface area (Å²) in [4.78, 5) is 27.7. The molecule has 1 amide bonds. The first-order chi connectivity index (χ1) is 12.7. The van der Waals surface area contributed by atoms with Crippen LogP contribution in [0.1, 0.15) is 47.6 Å². The second-order valence-electron chi connectivity index (χ2n) is 6.24. The van der Waals surface area contributed by atoms with E-state index in [1.54, 1.807) is 31.6 Å². The first-order valence-electron chi connectivity index (χ1n) is 8.90. The lowest BCUT2D eigenvalue weighted by Crippen LogP contribution is -2.39. The monoisotopic (exact) mass is 356 g/mol. The van der Waals surface area contributed by atoms with Gasteiger partial charge in [0, 0.05) is 50.3 Å². The summed E-state index contributed by atoms with van der Waals surface area (Å²) in [7, 11) is 1.63. The van der Waals surface area contributed by atoms with Crippen LogP contribution in [0.4, 0.5) is 0 Å². The van der Waals surface area contributed by atoms with Crippen LogP contribution in [0.15, 0.2) is 30.6 Å². The fraction of sp³-hybridized carbons (Fsp3) is 0.474. The molecule has 0 saturated carbocycles. The number of methoxy groups -OCH3 is 1. The summed E-state index contributed by atoms with van der Waals surface area (Å²) in [5.74, 6) is 1.41. The highest BCUT2D eigenvalue weighted by atomic mass is 16.5. The van der Waals surface area contributed by atoms with Crippen molar-refractivity contribution in [2.24, 2.45) is 0 Å². The van der Waals surface area contributed by atoms with Crippen LogP contribution in [0.2, 0.25) is 0 Å². The number of carbonyl (C=O) groups excluding carboxylic acids is 1. The SMILES string of the molecule is CCOc1ccc(C(=O)N2CCC[C@H](c3ccnc(COC)n3)C2)cn1. The Labute approximate surface area is 153 Å². The number of piperidine rings is 1. The van der Waals surface area contributed by atoms with Crippen molar-refractivity contribution < 1.29 is 14.3 Å². The van der Waals surface area contributed by atoms with Crippen molar-refractivity contribution in [3.8, 4) is 5.88 Å². The van der Waals surface area contributed by atoms with Gasteiger partial charge in [-0.2, -0.15) is 0 Å². The quantitative estimate of drug-likeness (QED) is 0.791. The van der Waals surface area contributed by atoms with Crippen molar-refractivity contribution in [3.05, 3.63) is 47.7 Å². The molecule has 2 aromatic rings. The molecule has 1 fully saturated rings. The van der Waals surface area contributed by atoms with Crippen LogP contribution in [-0.2, 0) is 11.3 Å². The van der Waals surface area contributed by atoms with E-state index in [2.05, 4.69) is 15.0 Å². The van der Waals surface area contributed by atoms with Crippen molar-refractivity contribution in [3.63, 3.8) is 0 Å². The number of likely N-dealkylation sites (tertiary alicyclic amines) is 1. The van der Waals surface area contributed by atoms with E-state index in [1.807, 2.05) is 17.9 Å². The molecule has 1 aliphatic rings. The van der Waals surface area contributed by atoms with Gasteiger partial charge in [0.05, 0.1) is 12.2 Å². The average molecular weight is 356 g/mol. The van der Waals surface area contributed by atoms with Gasteiger partial charge in [0.1, 0.15) is 6.61 Å². The Morgan fingerprint density at radius 2 is 2.19 bits per heavy atom. The summed E-state index contributed by atoms with van der Waals surface area (Å²) in [6, 6.07) is 5.43. The molecule has 0 radical (unpaired) electrons. The minimum Gasteiger partial charge on any atom is -0.478 e. The van der Waals surface area contributed by atoms with E-state index in [0.29, 0.717) is 37.0 Å². The van der Waals surface area contributed by atoms with Crippen LogP contribution in [0, 0.1) is 0 Å². The van der Waals surface area contributed by atoms with E-state index < -0.39 is 0 Å². The maximum Gasteiger partial charge on any atom is 0.255 e. The molecule has 3 heterocycles. The molecule has 0 spiro atoms. The van der Waals surface area contributed by atoms with Crippen LogP contribution in [0.25, 0.3) is 0 Å². The summed E-state index contributed by atoms with van der Waals surface area (Å²) in [6.45, 7) is 4.24. The number of carbonyl (C=O) groups is 1. The van der Waals surface area contributed by atoms with Crippen LogP contribution in [0.3, 0.4) is 0 Å². The van der Waals surface area contributed by atoms with Gasteiger partial charge < -0.3 is 14.4 Å². The molecule has 1 saturated heterocycles. The Bertz CT molecular complexity index is 736. The second kappa shape index (κ2) is 8.71. The van der Waals surface area contributed by atoms with Crippen molar-refractivity contribution in [2.45, 2.75) is 32.3 Å². The summed E-state index contributed by atoms with van der Waals surface area (Å²) in [6.07, 6.45) is 5.30. The normalized spacial score (nSPS) is 17.2. The second-order valence-corrected chi connectivity index (χ2v) is 6.24. The number of hydrogen-bond acceptors (Lipinski definition) is 6. The zero-order valence-corrected chi connectivity index (χ0v) is 15.2. The molecule has 3 rings (SSSR count). The fourth-order valence-corrected chi connectivity index (χ4v) is 3.17. The molecule has 1 aliphatic heterocycles. The average Bonchev–Trinajstić information content (AvgIpc) is 2.69. The number of pyridine rings is 1. The summed E-state index contributed by atoms with van der Waals surface area (Å²) in [5, 5.41) is 0. The largest absolute Gasteiger partial charge is 0.478 e. The first-order valence-corrected chi connectivity index (χ1v) is 8.90. The van der Waals surface area contributed by atoms with Gasteiger partial charge in [-0.3, -0.25) is 4.79 Å². The van der Waals surface area contributed by atoms with E-state index in [9.17, 15) is 4.79 Å². The van der Waals surface area contributed by atoms with Gasteiger partial charge in [-0.15, -0.1) is 0 Å². The van der Waals surface area contributed by atoms with Crippen LogP contribution in [0.5, 0.6) is 5.88 Å². The smallest absolute Gasteiger partial charge is 0.255 e. The van der Waals surface area contributed by atoms with E-state index in [-0.39, 0.29) is 11.8 Å². The molecule has 0 aromatic carbocycles. The minimum atomic E-state index is -0.00332. The molecule has 0 aliphatic carbocycles. The summed E-state index contributed by atoms with van der Waals surface area (Å²) in [5.41, 5.74) is 1.55. The van der Waals surface area contributed by atoms with E-state index in [1.165, 1.54) is 0 Å². The van der Waals surface area contributed by atoms with Crippen molar-refractivity contribution >= 4 is 5.91 Å². The van der Waals surface area contributed by atoms with E-state index in [4.69, 9.17) is 9.47 Å². The molecular weight excluding hydrogens is 332 g/mol. The van der Waals surface area contributed by atoms with Crippen LogP contribution < -0.4 is 4.74 Å². The Kier molecular flexibility index (Phi) is 6.12. The zero-order chi connectivity index (χ0) is 18.4. The lowest BCUT2D eigenvalue weighted by atomic mass is 9.94. The van der Waals surface area contributed by atoms with Gasteiger partial charge >= 0.3 is 0 Å². The highest BCUT2D eigenvalue weighted by molar-refractivity contribution is 5.94. The molecule has 2 aromatic heterocycles. The first kappa shape index (κ1) is 18.3.